The van der Waals surface area contributed by atoms with E-state index in [1.54, 1.807) is 12.3 Å². The zero-order chi connectivity index (χ0) is 22.5. The van der Waals surface area contributed by atoms with Crippen LogP contribution < -0.4 is 5.32 Å². The van der Waals surface area contributed by atoms with Crippen LogP contribution in [0.5, 0.6) is 0 Å². The van der Waals surface area contributed by atoms with E-state index < -0.39 is 4.92 Å². The predicted molar refractivity (Wildman–Crippen MR) is 124 cm³/mol. The van der Waals surface area contributed by atoms with Gasteiger partial charge in [0.05, 0.1) is 35.1 Å². The maximum atomic E-state index is 13.2. The number of hydrogen-bond acceptors (Lipinski definition) is 7. The third kappa shape index (κ3) is 5.01. The summed E-state index contributed by atoms with van der Waals surface area (Å²) in [5.74, 6) is -0.230. The standard InChI is InChI=1S/C23H24N4O4S/c1-16-22(23(28)24-7-8-26-9-11-31-12-10-26)19(18-13-21(27(29)30)32-15-18)14-20(25-16)17-5-3-2-4-6-17/h2-6,13-15H,7-12H2,1H3,(H,24,28). The third-order valence-corrected chi connectivity index (χ3v) is 6.27. The van der Waals surface area contributed by atoms with Crippen LogP contribution in [0.4, 0.5) is 5.00 Å². The Morgan fingerprint density at radius 3 is 2.66 bits per heavy atom. The number of morpholine rings is 1. The van der Waals surface area contributed by atoms with Crippen molar-refractivity contribution in [1.29, 1.82) is 0 Å². The van der Waals surface area contributed by atoms with Crippen molar-refractivity contribution in [2.75, 3.05) is 39.4 Å². The van der Waals surface area contributed by atoms with Crippen LogP contribution in [0.25, 0.3) is 22.4 Å². The van der Waals surface area contributed by atoms with Gasteiger partial charge in [0.25, 0.3) is 5.91 Å². The zero-order valence-electron chi connectivity index (χ0n) is 17.7. The highest BCUT2D eigenvalue weighted by molar-refractivity contribution is 7.13. The molecule has 0 aliphatic carbocycles. The molecule has 1 aliphatic heterocycles. The van der Waals surface area contributed by atoms with Crippen LogP contribution >= 0.6 is 11.3 Å². The number of nitrogens with zero attached hydrogens (tertiary/aromatic N) is 3. The monoisotopic (exact) mass is 452 g/mol. The molecular formula is C23H24N4O4S. The van der Waals surface area contributed by atoms with Crippen LogP contribution in [0.2, 0.25) is 0 Å². The lowest BCUT2D eigenvalue weighted by atomic mass is 9.97. The van der Waals surface area contributed by atoms with Gasteiger partial charge in [-0.2, -0.15) is 0 Å². The second kappa shape index (κ2) is 9.99. The topological polar surface area (TPSA) is 97.6 Å². The summed E-state index contributed by atoms with van der Waals surface area (Å²) in [6, 6.07) is 13.0. The van der Waals surface area contributed by atoms with Crippen LogP contribution in [0.15, 0.2) is 47.8 Å². The number of aromatic nitrogens is 1. The number of aryl methyl sites for hydroxylation is 1. The van der Waals surface area contributed by atoms with Gasteiger partial charge in [-0.3, -0.25) is 24.8 Å². The minimum Gasteiger partial charge on any atom is -0.379 e. The Labute approximate surface area is 190 Å². The van der Waals surface area contributed by atoms with E-state index >= 15 is 0 Å². The van der Waals surface area contributed by atoms with Gasteiger partial charge >= 0.3 is 5.00 Å². The Bertz CT molecular complexity index is 1110. The SMILES string of the molecule is Cc1nc(-c2ccccc2)cc(-c2csc([N+](=O)[O-])c2)c1C(=O)NCCN1CCOCC1. The fraction of sp³-hybridized carbons (Fsp3) is 0.304. The van der Waals surface area contributed by atoms with Gasteiger partial charge in [0.15, 0.2) is 0 Å². The average Bonchev–Trinajstić information content (AvgIpc) is 3.30. The fourth-order valence-electron chi connectivity index (χ4n) is 3.75. The number of carbonyl (C=O) groups is 1. The van der Waals surface area contributed by atoms with E-state index in [0.29, 0.717) is 42.1 Å². The lowest BCUT2D eigenvalue weighted by molar-refractivity contribution is -0.380. The van der Waals surface area contributed by atoms with Crippen LogP contribution in [-0.4, -0.2) is 60.1 Å². The molecule has 1 aliphatic rings. The fourth-order valence-corrected chi connectivity index (χ4v) is 4.47. The van der Waals surface area contributed by atoms with Crippen molar-refractivity contribution in [3.05, 3.63) is 69.2 Å². The van der Waals surface area contributed by atoms with Gasteiger partial charge in [0.1, 0.15) is 0 Å². The molecule has 1 aromatic carbocycles. The van der Waals surface area contributed by atoms with Crippen molar-refractivity contribution in [3.63, 3.8) is 0 Å². The zero-order valence-corrected chi connectivity index (χ0v) is 18.6. The normalized spacial score (nSPS) is 14.3. The van der Waals surface area contributed by atoms with Gasteiger partial charge < -0.3 is 10.1 Å². The highest BCUT2D eigenvalue weighted by Gasteiger charge is 2.22. The van der Waals surface area contributed by atoms with E-state index in [9.17, 15) is 14.9 Å². The Morgan fingerprint density at radius 2 is 1.97 bits per heavy atom. The number of ether oxygens (including phenoxy) is 1. The minimum atomic E-state index is -0.414. The summed E-state index contributed by atoms with van der Waals surface area (Å²) >= 11 is 1.05. The van der Waals surface area contributed by atoms with Crippen molar-refractivity contribution in [3.8, 4) is 22.4 Å². The number of amides is 1. The Kier molecular flexibility index (Phi) is 6.89. The summed E-state index contributed by atoms with van der Waals surface area (Å²) in [5.41, 5.74) is 3.95. The van der Waals surface area contributed by atoms with Crippen molar-refractivity contribution >= 4 is 22.2 Å². The molecule has 0 saturated carbocycles. The average molecular weight is 453 g/mol. The number of nitrogens with one attached hydrogen (secondary N) is 1. The number of rotatable bonds is 7. The van der Waals surface area contributed by atoms with Crippen molar-refractivity contribution in [2.45, 2.75) is 6.92 Å². The molecule has 3 aromatic rings. The van der Waals surface area contributed by atoms with E-state index in [-0.39, 0.29) is 10.9 Å². The minimum absolute atomic E-state index is 0.0365. The van der Waals surface area contributed by atoms with Gasteiger partial charge in [-0.1, -0.05) is 41.7 Å². The Morgan fingerprint density at radius 1 is 1.22 bits per heavy atom. The number of pyridine rings is 1. The van der Waals surface area contributed by atoms with Gasteiger partial charge in [-0.05, 0) is 18.6 Å². The first-order chi connectivity index (χ1) is 15.5. The predicted octanol–water partition coefficient (Wildman–Crippen LogP) is 3.76. The highest BCUT2D eigenvalue weighted by atomic mass is 32.1. The van der Waals surface area contributed by atoms with Crippen molar-refractivity contribution in [1.82, 2.24) is 15.2 Å². The molecule has 3 heterocycles. The largest absolute Gasteiger partial charge is 0.379 e. The van der Waals surface area contributed by atoms with Gasteiger partial charge in [-0.15, -0.1) is 0 Å². The van der Waals surface area contributed by atoms with Crippen molar-refractivity contribution in [2.24, 2.45) is 0 Å². The van der Waals surface area contributed by atoms with E-state index in [1.807, 2.05) is 36.4 Å². The molecule has 166 valence electrons. The molecule has 4 rings (SSSR count). The number of nitro groups is 1. The summed E-state index contributed by atoms with van der Waals surface area (Å²) < 4.78 is 5.36. The van der Waals surface area contributed by atoms with Crippen LogP contribution in [0.3, 0.4) is 0 Å². The first kappa shape index (κ1) is 22.1. The van der Waals surface area contributed by atoms with E-state index in [0.717, 1.165) is 42.2 Å². The van der Waals surface area contributed by atoms with Crippen LogP contribution in [0, 0.1) is 17.0 Å². The third-order valence-electron chi connectivity index (χ3n) is 5.39. The van der Waals surface area contributed by atoms with Crippen LogP contribution in [0.1, 0.15) is 16.1 Å². The van der Waals surface area contributed by atoms with E-state index in [1.165, 1.54) is 6.07 Å². The van der Waals surface area contributed by atoms with Crippen LogP contribution in [-0.2, 0) is 4.74 Å². The molecule has 9 heteroatoms. The number of thiophene rings is 1. The van der Waals surface area contributed by atoms with Gasteiger partial charge in [0, 0.05) is 48.8 Å². The first-order valence-corrected chi connectivity index (χ1v) is 11.3. The lowest BCUT2D eigenvalue weighted by Gasteiger charge is -2.26. The number of carbonyl (C=O) groups excluding carboxylic acids is 1. The molecule has 1 saturated heterocycles. The smallest absolute Gasteiger partial charge is 0.324 e. The summed E-state index contributed by atoms with van der Waals surface area (Å²) in [4.78, 5) is 30.9. The maximum Gasteiger partial charge on any atom is 0.324 e. The molecule has 1 amide bonds. The molecule has 2 aromatic heterocycles. The summed E-state index contributed by atoms with van der Waals surface area (Å²) in [6.45, 7) is 6.16. The lowest BCUT2D eigenvalue weighted by Crippen LogP contribution is -2.41. The molecule has 32 heavy (non-hydrogen) atoms. The molecule has 0 radical (unpaired) electrons. The number of hydrogen-bond donors (Lipinski definition) is 1. The maximum absolute atomic E-state index is 13.2. The van der Waals surface area contributed by atoms with Crippen molar-refractivity contribution < 1.29 is 14.5 Å². The quantitative estimate of drug-likeness (QED) is 0.433. The molecular weight excluding hydrogens is 428 g/mol. The molecule has 0 bridgehead atoms. The molecule has 0 unspecified atom stereocenters. The van der Waals surface area contributed by atoms with E-state index in [4.69, 9.17) is 4.74 Å². The molecule has 1 fully saturated rings. The summed E-state index contributed by atoms with van der Waals surface area (Å²) in [5, 5.41) is 16.0. The molecule has 8 nitrogen and oxygen atoms in total. The summed E-state index contributed by atoms with van der Waals surface area (Å²) in [7, 11) is 0. The molecule has 1 N–H and O–H groups in total. The second-order valence-corrected chi connectivity index (χ2v) is 8.41. The molecule has 0 atom stereocenters. The van der Waals surface area contributed by atoms with Gasteiger partial charge in [-0.25, -0.2) is 0 Å². The van der Waals surface area contributed by atoms with E-state index in [2.05, 4.69) is 15.2 Å². The first-order valence-electron chi connectivity index (χ1n) is 10.4. The molecule has 0 spiro atoms. The Hall–Kier alpha value is -3.14. The number of benzene rings is 1. The second-order valence-electron chi connectivity index (χ2n) is 7.52. The Balaban J connectivity index is 1.65. The van der Waals surface area contributed by atoms with Gasteiger partial charge in [0.2, 0.25) is 0 Å². The highest BCUT2D eigenvalue weighted by Crippen LogP contribution is 2.35. The summed E-state index contributed by atoms with van der Waals surface area (Å²) in [6.07, 6.45) is 0.